The minimum absolute atomic E-state index is 0.127. The van der Waals surface area contributed by atoms with Crippen LogP contribution in [0.2, 0.25) is 0 Å². The smallest absolute Gasteiger partial charge is 0.244 e. The van der Waals surface area contributed by atoms with E-state index in [1.54, 1.807) is 7.11 Å². The first-order valence-electron chi connectivity index (χ1n) is 7.95. The summed E-state index contributed by atoms with van der Waals surface area (Å²) in [7, 11) is 1.59. The molecule has 0 radical (unpaired) electrons. The number of methoxy groups -OCH3 is 1. The lowest BCUT2D eigenvalue weighted by atomic mass is 10.1. The van der Waals surface area contributed by atoms with E-state index in [4.69, 9.17) is 4.74 Å². The lowest BCUT2D eigenvalue weighted by Crippen LogP contribution is -2.32. The summed E-state index contributed by atoms with van der Waals surface area (Å²) in [4.78, 5) is 36.2. The Morgan fingerprint density at radius 3 is 2.58 bits per heavy atom. The third-order valence-corrected chi connectivity index (χ3v) is 3.89. The highest BCUT2D eigenvalue weighted by Gasteiger charge is 2.27. The number of nitrogens with zero attached hydrogens (tertiary/aromatic N) is 1. The Balaban J connectivity index is 1.82. The lowest BCUT2D eigenvalue weighted by Gasteiger charge is -2.13. The van der Waals surface area contributed by atoms with Gasteiger partial charge < -0.3 is 10.1 Å². The van der Waals surface area contributed by atoms with Crippen LogP contribution in [-0.4, -0.2) is 42.8 Å². The predicted molar refractivity (Wildman–Crippen MR) is 90.2 cm³/mol. The van der Waals surface area contributed by atoms with Gasteiger partial charge in [0.25, 0.3) is 0 Å². The maximum atomic E-state index is 12.0. The zero-order valence-corrected chi connectivity index (χ0v) is 14.0. The Morgan fingerprint density at radius 1 is 1.25 bits per heavy atom. The van der Waals surface area contributed by atoms with Gasteiger partial charge in [-0.1, -0.05) is 18.2 Å². The molecule has 128 valence electrons. The number of carbonyl (C=O) groups excluding carboxylic acids is 3. The quantitative estimate of drug-likeness (QED) is 0.469. The fraction of sp³-hybridized carbons (Fsp3) is 0.389. The normalized spacial score (nSPS) is 14.9. The first-order valence-corrected chi connectivity index (χ1v) is 7.95. The summed E-state index contributed by atoms with van der Waals surface area (Å²) in [6.07, 6.45) is 2.66. The maximum absolute atomic E-state index is 12.0. The number of rotatable bonds is 7. The number of benzene rings is 1. The largest absolute Gasteiger partial charge is 0.496 e. The number of likely N-dealkylation sites (tertiary alicyclic amines) is 1. The number of imide groups is 1. The molecule has 2 rings (SSSR count). The van der Waals surface area contributed by atoms with Gasteiger partial charge in [0, 0.05) is 37.6 Å². The van der Waals surface area contributed by atoms with E-state index in [1.165, 1.54) is 11.0 Å². The SMILES string of the molecule is COc1ccccc1C(C)=CC(=O)NCCCN1C(=O)CCC1=O. The first kappa shape index (κ1) is 17.7. The van der Waals surface area contributed by atoms with Gasteiger partial charge in [0.15, 0.2) is 0 Å². The number of carbonyl (C=O) groups is 3. The Labute approximate surface area is 141 Å². The summed E-state index contributed by atoms with van der Waals surface area (Å²) in [6.45, 7) is 2.61. The van der Waals surface area contributed by atoms with Crippen molar-refractivity contribution in [1.82, 2.24) is 10.2 Å². The van der Waals surface area contributed by atoms with E-state index < -0.39 is 0 Å². The molecule has 1 fully saturated rings. The highest BCUT2D eigenvalue weighted by molar-refractivity contribution is 6.01. The van der Waals surface area contributed by atoms with Gasteiger partial charge in [-0.05, 0) is 25.0 Å². The molecule has 1 aliphatic rings. The van der Waals surface area contributed by atoms with E-state index in [0.717, 1.165) is 11.1 Å². The van der Waals surface area contributed by atoms with Crippen LogP contribution >= 0.6 is 0 Å². The Bertz CT molecular complexity index is 651. The van der Waals surface area contributed by atoms with Crippen molar-refractivity contribution in [1.29, 1.82) is 0 Å². The summed E-state index contributed by atoms with van der Waals surface area (Å²) >= 11 is 0. The third kappa shape index (κ3) is 4.44. The second-order valence-electron chi connectivity index (χ2n) is 5.61. The van der Waals surface area contributed by atoms with Crippen LogP contribution in [0.15, 0.2) is 30.3 Å². The topological polar surface area (TPSA) is 75.7 Å². The molecule has 1 aliphatic heterocycles. The summed E-state index contributed by atoms with van der Waals surface area (Å²) in [5.74, 6) is 0.249. The number of nitrogens with one attached hydrogen (secondary N) is 1. The molecule has 1 N–H and O–H groups in total. The van der Waals surface area contributed by atoms with Gasteiger partial charge in [-0.15, -0.1) is 0 Å². The molecule has 0 atom stereocenters. The molecular formula is C18H22N2O4. The second-order valence-corrected chi connectivity index (χ2v) is 5.61. The summed E-state index contributed by atoms with van der Waals surface area (Å²) in [5, 5.41) is 2.77. The average Bonchev–Trinajstić information content (AvgIpc) is 2.90. The molecule has 0 unspecified atom stereocenters. The second kappa shape index (κ2) is 8.29. The van der Waals surface area contributed by atoms with Gasteiger partial charge >= 0.3 is 0 Å². The molecular weight excluding hydrogens is 308 g/mol. The van der Waals surface area contributed by atoms with Crippen molar-refractivity contribution in [2.24, 2.45) is 0 Å². The van der Waals surface area contributed by atoms with Crippen molar-refractivity contribution in [3.8, 4) is 5.75 Å². The highest BCUT2D eigenvalue weighted by Crippen LogP contribution is 2.24. The minimum atomic E-state index is -0.211. The van der Waals surface area contributed by atoms with E-state index in [-0.39, 0.29) is 17.7 Å². The van der Waals surface area contributed by atoms with Crippen LogP contribution < -0.4 is 10.1 Å². The maximum Gasteiger partial charge on any atom is 0.244 e. The Kier molecular flexibility index (Phi) is 6.12. The van der Waals surface area contributed by atoms with Crippen molar-refractivity contribution >= 4 is 23.3 Å². The molecule has 1 aromatic carbocycles. The molecule has 0 spiro atoms. The predicted octanol–water partition coefficient (Wildman–Crippen LogP) is 1.75. The van der Waals surface area contributed by atoms with Gasteiger partial charge in [0.2, 0.25) is 17.7 Å². The van der Waals surface area contributed by atoms with Crippen molar-refractivity contribution in [3.63, 3.8) is 0 Å². The average molecular weight is 330 g/mol. The fourth-order valence-electron chi connectivity index (χ4n) is 2.62. The van der Waals surface area contributed by atoms with Crippen LogP contribution in [0.3, 0.4) is 0 Å². The lowest BCUT2D eigenvalue weighted by molar-refractivity contribution is -0.138. The molecule has 6 nitrogen and oxygen atoms in total. The zero-order valence-electron chi connectivity index (χ0n) is 14.0. The van der Waals surface area contributed by atoms with Gasteiger partial charge in [0.05, 0.1) is 7.11 Å². The van der Waals surface area contributed by atoms with E-state index in [9.17, 15) is 14.4 Å². The zero-order chi connectivity index (χ0) is 17.5. The monoisotopic (exact) mass is 330 g/mol. The first-order chi connectivity index (χ1) is 11.5. The van der Waals surface area contributed by atoms with Crippen molar-refractivity contribution in [2.75, 3.05) is 20.2 Å². The standard InChI is InChI=1S/C18H22N2O4/c1-13(14-6-3-4-7-15(14)24-2)12-16(21)19-10-5-11-20-17(22)8-9-18(20)23/h3-4,6-7,12H,5,8-11H2,1-2H3,(H,19,21). The van der Waals surface area contributed by atoms with Crippen molar-refractivity contribution < 1.29 is 19.1 Å². The summed E-state index contributed by atoms with van der Waals surface area (Å²) in [6, 6.07) is 7.49. The van der Waals surface area contributed by atoms with E-state index in [0.29, 0.717) is 38.1 Å². The fourth-order valence-corrected chi connectivity index (χ4v) is 2.62. The van der Waals surface area contributed by atoms with Gasteiger partial charge in [-0.25, -0.2) is 0 Å². The molecule has 3 amide bonds. The van der Waals surface area contributed by atoms with Gasteiger partial charge in [-0.2, -0.15) is 0 Å². The Hall–Kier alpha value is -2.63. The molecule has 0 aromatic heterocycles. The molecule has 6 heteroatoms. The number of ether oxygens (including phenoxy) is 1. The highest BCUT2D eigenvalue weighted by atomic mass is 16.5. The van der Waals surface area contributed by atoms with Crippen LogP contribution in [0.4, 0.5) is 0 Å². The van der Waals surface area contributed by atoms with Gasteiger partial charge in [0.1, 0.15) is 5.75 Å². The Morgan fingerprint density at radius 2 is 1.92 bits per heavy atom. The van der Waals surface area contributed by atoms with E-state index >= 15 is 0 Å². The summed E-state index contributed by atoms with van der Waals surface area (Å²) < 4.78 is 5.28. The van der Waals surface area contributed by atoms with Crippen molar-refractivity contribution in [2.45, 2.75) is 26.2 Å². The van der Waals surface area contributed by atoms with Crippen LogP contribution in [-0.2, 0) is 14.4 Å². The number of allylic oxidation sites excluding steroid dienone is 1. The van der Waals surface area contributed by atoms with E-state index in [1.807, 2.05) is 31.2 Å². The van der Waals surface area contributed by atoms with Crippen LogP contribution in [0.5, 0.6) is 5.75 Å². The third-order valence-electron chi connectivity index (χ3n) is 3.89. The molecule has 1 aromatic rings. The number of hydrogen-bond donors (Lipinski definition) is 1. The number of hydrogen-bond acceptors (Lipinski definition) is 4. The molecule has 1 heterocycles. The molecule has 0 saturated carbocycles. The van der Waals surface area contributed by atoms with Crippen LogP contribution in [0.1, 0.15) is 31.7 Å². The molecule has 0 aliphatic carbocycles. The molecule has 24 heavy (non-hydrogen) atoms. The van der Waals surface area contributed by atoms with Crippen molar-refractivity contribution in [3.05, 3.63) is 35.9 Å². The summed E-state index contributed by atoms with van der Waals surface area (Å²) in [5.41, 5.74) is 1.67. The minimum Gasteiger partial charge on any atom is -0.496 e. The number of amides is 3. The van der Waals surface area contributed by atoms with Crippen LogP contribution in [0.25, 0.3) is 5.57 Å². The number of para-hydroxylation sites is 1. The molecule has 0 bridgehead atoms. The van der Waals surface area contributed by atoms with Gasteiger partial charge in [-0.3, -0.25) is 19.3 Å². The van der Waals surface area contributed by atoms with E-state index in [2.05, 4.69) is 5.32 Å². The van der Waals surface area contributed by atoms with Crippen LogP contribution in [0, 0.1) is 0 Å². The molecule has 1 saturated heterocycles.